The van der Waals surface area contributed by atoms with Crippen molar-refractivity contribution in [3.63, 3.8) is 0 Å². The maximum atomic E-state index is 12.3. The lowest BCUT2D eigenvalue weighted by Gasteiger charge is -2.14. The number of aryl methyl sites for hydroxylation is 3. The van der Waals surface area contributed by atoms with Gasteiger partial charge in [-0.1, -0.05) is 18.2 Å². The molecule has 30 heavy (non-hydrogen) atoms. The molecule has 0 fully saturated rings. The van der Waals surface area contributed by atoms with Gasteiger partial charge in [0.15, 0.2) is 5.65 Å². The minimum atomic E-state index is -0.655. The highest BCUT2D eigenvalue weighted by molar-refractivity contribution is 5.97. The standard InChI is InChI=1S/C22H24N6O2/c1-14-12-15(2)28-20(25-14)18(13-23)19(27-28)10-7-11-24-21(29)16(3)26-22(30)17-8-5-4-6-9-17/h4-6,8-9,12,16H,7,10-11H2,1-3H3,(H,24,29)(H,26,30). The summed E-state index contributed by atoms with van der Waals surface area (Å²) in [6, 6.07) is 12.2. The number of nitrogens with one attached hydrogen (secondary N) is 2. The first-order chi connectivity index (χ1) is 14.4. The van der Waals surface area contributed by atoms with Gasteiger partial charge in [0, 0.05) is 23.5 Å². The summed E-state index contributed by atoms with van der Waals surface area (Å²) in [5.74, 6) is -0.553. The number of carbonyl (C=O) groups excluding carboxylic acids is 2. The predicted octanol–water partition coefficient (Wildman–Crippen LogP) is 2.09. The molecule has 0 saturated heterocycles. The molecule has 0 aliphatic carbocycles. The van der Waals surface area contributed by atoms with Crippen LogP contribution in [0.3, 0.4) is 0 Å². The molecule has 154 valence electrons. The molecule has 0 saturated carbocycles. The number of hydrogen-bond acceptors (Lipinski definition) is 5. The Morgan fingerprint density at radius 2 is 1.97 bits per heavy atom. The Balaban J connectivity index is 1.53. The predicted molar refractivity (Wildman–Crippen MR) is 112 cm³/mol. The fourth-order valence-electron chi connectivity index (χ4n) is 3.21. The second kappa shape index (κ2) is 9.18. The van der Waals surface area contributed by atoms with Gasteiger partial charge in [0.2, 0.25) is 5.91 Å². The number of aromatic nitrogens is 3. The van der Waals surface area contributed by atoms with Crippen molar-refractivity contribution in [3.8, 4) is 6.07 Å². The van der Waals surface area contributed by atoms with Crippen LogP contribution in [0.15, 0.2) is 36.4 Å². The topological polar surface area (TPSA) is 112 Å². The zero-order valence-corrected chi connectivity index (χ0v) is 17.3. The van der Waals surface area contributed by atoms with Crippen LogP contribution >= 0.6 is 0 Å². The number of amides is 2. The summed E-state index contributed by atoms with van der Waals surface area (Å²) in [4.78, 5) is 28.8. The molecular weight excluding hydrogens is 380 g/mol. The van der Waals surface area contributed by atoms with Gasteiger partial charge in [-0.25, -0.2) is 9.50 Å². The van der Waals surface area contributed by atoms with Crippen LogP contribution in [0, 0.1) is 25.2 Å². The number of hydrogen-bond donors (Lipinski definition) is 2. The highest BCUT2D eigenvalue weighted by atomic mass is 16.2. The molecule has 0 bridgehead atoms. The Hall–Kier alpha value is -3.73. The number of nitrogens with zero attached hydrogens (tertiary/aromatic N) is 4. The number of rotatable bonds is 7. The Bertz CT molecular complexity index is 1110. The van der Waals surface area contributed by atoms with E-state index in [1.807, 2.05) is 26.0 Å². The average Bonchev–Trinajstić information content (AvgIpc) is 3.09. The lowest BCUT2D eigenvalue weighted by Crippen LogP contribution is -2.45. The van der Waals surface area contributed by atoms with Gasteiger partial charge in [0.05, 0.1) is 5.69 Å². The van der Waals surface area contributed by atoms with Crippen LogP contribution in [0.25, 0.3) is 5.65 Å². The highest BCUT2D eigenvalue weighted by Crippen LogP contribution is 2.17. The van der Waals surface area contributed by atoms with Crippen LogP contribution in [0.4, 0.5) is 0 Å². The van der Waals surface area contributed by atoms with E-state index in [9.17, 15) is 14.9 Å². The van der Waals surface area contributed by atoms with Crippen molar-refractivity contribution in [1.29, 1.82) is 5.26 Å². The quantitative estimate of drug-likeness (QED) is 0.586. The second-order valence-electron chi connectivity index (χ2n) is 7.16. The van der Waals surface area contributed by atoms with E-state index < -0.39 is 6.04 Å². The summed E-state index contributed by atoms with van der Waals surface area (Å²) < 4.78 is 1.68. The molecule has 3 aromatic rings. The molecule has 2 heterocycles. The Kier molecular flexibility index (Phi) is 6.42. The first kappa shape index (κ1) is 21.0. The van der Waals surface area contributed by atoms with Crippen molar-refractivity contribution in [2.75, 3.05) is 6.54 Å². The molecule has 0 aliphatic rings. The maximum absolute atomic E-state index is 12.3. The van der Waals surface area contributed by atoms with Crippen molar-refractivity contribution in [3.05, 3.63) is 64.6 Å². The SMILES string of the molecule is Cc1cc(C)n2nc(CCCNC(=O)C(C)NC(=O)c3ccccc3)c(C#N)c2n1. The molecular formula is C22H24N6O2. The summed E-state index contributed by atoms with van der Waals surface area (Å²) in [6.45, 7) is 5.86. The lowest BCUT2D eigenvalue weighted by atomic mass is 10.1. The van der Waals surface area contributed by atoms with Gasteiger partial charge in [-0.15, -0.1) is 0 Å². The molecule has 2 N–H and O–H groups in total. The Labute approximate surface area is 174 Å². The van der Waals surface area contributed by atoms with Gasteiger partial charge in [-0.3, -0.25) is 9.59 Å². The van der Waals surface area contributed by atoms with E-state index >= 15 is 0 Å². The molecule has 0 aliphatic heterocycles. The van der Waals surface area contributed by atoms with Crippen molar-refractivity contribution >= 4 is 17.5 Å². The van der Waals surface area contributed by atoms with Crippen LogP contribution in [0.2, 0.25) is 0 Å². The third kappa shape index (κ3) is 4.63. The minimum Gasteiger partial charge on any atom is -0.354 e. The van der Waals surface area contributed by atoms with Crippen molar-refractivity contribution in [2.24, 2.45) is 0 Å². The zero-order valence-electron chi connectivity index (χ0n) is 17.3. The van der Waals surface area contributed by atoms with Crippen LogP contribution in [0.5, 0.6) is 0 Å². The molecule has 0 radical (unpaired) electrons. The molecule has 3 rings (SSSR count). The van der Waals surface area contributed by atoms with E-state index in [4.69, 9.17) is 0 Å². The van der Waals surface area contributed by atoms with Crippen LogP contribution in [-0.4, -0.2) is 39.0 Å². The Morgan fingerprint density at radius 3 is 2.67 bits per heavy atom. The summed E-state index contributed by atoms with van der Waals surface area (Å²) in [7, 11) is 0. The van der Waals surface area contributed by atoms with Crippen LogP contribution in [0.1, 0.15) is 46.3 Å². The molecule has 8 nitrogen and oxygen atoms in total. The summed E-state index contributed by atoms with van der Waals surface area (Å²) in [6.07, 6.45) is 1.15. The molecule has 8 heteroatoms. The van der Waals surface area contributed by atoms with Crippen molar-refractivity contribution in [2.45, 2.75) is 39.7 Å². The van der Waals surface area contributed by atoms with Gasteiger partial charge >= 0.3 is 0 Å². The van der Waals surface area contributed by atoms with Gasteiger partial charge in [0.1, 0.15) is 17.7 Å². The van der Waals surface area contributed by atoms with Gasteiger partial charge in [0.25, 0.3) is 5.91 Å². The van der Waals surface area contributed by atoms with Crippen molar-refractivity contribution in [1.82, 2.24) is 25.2 Å². The number of nitriles is 1. The van der Waals surface area contributed by atoms with Gasteiger partial charge in [-0.2, -0.15) is 10.4 Å². The normalized spacial score (nSPS) is 11.7. The van der Waals surface area contributed by atoms with Gasteiger partial charge < -0.3 is 10.6 Å². The smallest absolute Gasteiger partial charge is 0.251 e. The fourth-order valence-corrected chi connectivity index (χ4v) is 3.21. The first-order valence-corrected chi connectivity index (χ1v) is 9.80. The molecule has 1 aromatic carbocycles. The molecule has 1 atom stereocenters. The summed E-state index contributed by atoms with van der Waals surface area (Å²) in [5, 5.41) is 19.5. The molecule has 2 amide bonds. The Morgan fingerprint density at radius 1 is 1.23 bits per heavy atom. The first-order valence-electron chi connectivity index (χ1n) is 9.80. The van der Waals surface area contributed by atoms with Gasteiger partial charge in [-0.05, 0) is 51.8 Å². The number of fused-ring (bicyclic) bond motifs is 1. The van der Waals surface area contributed by atoms with E-state index in [-0.39, 0.29) is 11.8 Å². The fraction of sp³-hybridized carbons (Fsp3) is 0.318. The van der Waals surface area contributed by atoms with Crippen LogP contribution in [-0.2, 0) is 11.2 Å². The lowest BCUT2D eigenvalue weighted by molar-refractivity contribution is -0.122. The second-order valence-corrected chi connectivity index (χ2v) is 7.16. The van der Waals surface area contributed by atoms with E-state index in [0.717, 1.165) is 11.4 Å². The number of benzene rings is 1. The molecule has 1 unspecified atom stereocenters. The minimum absolute atomic E-state index is 0.261. The average molecular weight is 404 g/mol. The largest absolute Gasteiger partial charge is 0.354 e. The molecule has 0 spiro atoms. The monoisotopic (exact) mass is 404 g/mol. The van der Waals surface area contributed by atoms with E-state index in [1.54, 1.807) is 35.7 Å². The third-order valence-corrected chi connectivity index (χ3v) is 4.75. The number of carbonyl (C=O) groups is 2. The van der Waals surface area contributed by atoms with Crippen molar-refractivity contribution < 1.29 is 9.59 Å². The maximum Gasteiger partial charge on any atom is 0.251 e. The highest BCUT2D eigenvalue weighted by Gasteiger charge is 2.17. The molecule has 2 aromatic heterocycles. The van der Waals surface area contributed by atoms with Crippen LogP contribution < -0.4 is 10.6 Å². The summed E-state index contributed by atoms with van der Waals surface area (Å²) in [5.41, 5.74) is 3.95. The summed E-state index contributed by atoms with van der Waals surface area (Å²) >= 11 is 0. The van der Waals surface area contributed by atoms with E-state index in [1.165, 1.54) is 0 Å². The zero-order chi connectivity index (χ0) is 21.7. The van der Waals surface area contributed by atoms with E-state index in [0.29, 0.717) is 41.9 Å². The third-order valence-electron chi connectivity index (χ3n) is 4.75. The van der Waals surface area contributed by atoms with E-state index in [2.05, 4.69) is 26.8 Å².